The van der Waals surface area contributed by atoms with Gasteiger partial charge in [-0.1, -0.05) is 91.9 Å². The van der Waals surface area contributed by atoms with Crippen LogP contribution in [0.5, 0.6) is 0 Å². The number of unbranched alkanes of at least 4 members (excludes halogenated alkanes) is 10. The van der Waals surface area contributed by atoms with Crippen LogP contribution in [-0.2, 0) is 4.79 Å². The number of aliphatic carboxylic acids is 1. The highest BCUT2D eigenvalue weighted by atomic mass is 16.4. The van der Waals surface area contributed by atoms with Crippen molar-refractivity contribution >= 4 is 5.97 Å². The predicted octanol–water partition coefficient (Wildman–Crippen LogP) is 6.12. The monoisotopic (exact) mass is 329 g/mol. The second-order valence-corrected chi connectivity index (χ2v) is 6.30. The summed E-state index contributed by atoms with van der Waals surface area (Å²) in [6.45, 7) is 12.4. The number of carbonyl (C=O) groups is 1. The molecule has 0 aromatic rings. The number of nitrogens with zero attached hydrogens (tertiary/aromatic N) is 1. The average Bonchev–Trinajstić information content (AvgIpc) is 2.54. The Bertz CT molecular complexity index is 222. The summed E-state index contributed by atoms with van der Waals surface area (Å²) >= 11 is 0. The molecule has 0 bridgehead atoms. The van der Waals surface area contributed by atoms with Crippen molar-refractivity contribution in [1.82, 2.24) is 4.90 Å². The lowest BCUT2D eigenvalue weighted by Crippen LogP contribution is -2.21. The third kappa shape index (κ3) is 23.8. The van der Waals surface area contributed by atoms with Crippen LogP contribution < -0.4 is 0 Å². The minimum Gasteiger partial charge on any atom is -0.481 e. The van der Waals surface area contributed by atoms with Gasteiger partial charge in [0.1, 0.15) is 0 Å². The smallest absolute Gasteiger partial charge is 0.303 e. The van der Waals surface area contributed by atoms with E-state index < -0.39 is 5.97 Å². The standard InChI is InChI=1S/C14H28O2.C6H15N/c1-2-3-4-5-6-7-8-9-10-11-12-13-14(15)16;1-4-7(5-2)6-3/h2-13H2,1H3,(H,15,16);4-6H2,1-3H3. The van der Waals surface area contributed by atoms with Gasteiger partial charge in [0, 0.05) is 6.42 Å². The van der Waals surface area contributed by atoms with Crippen molar-refractivity contribution in [3.05, 3.63) is 0 Å². The lowest BCUT2D eigenvalue weighted by Gasteiger charge is -2.13. The molecule has 0 spiro atoms. The maximum absolute atomic E-state index is 10.3. The van der Waals surface area contributed by atoms with Crippen molar-refractivity contribution in [3.8, 4) is 0 Å². The number of rotatable bonds is 15. The quantitative estimate of drug-likeness (QED) is 0.368. The molecule has 0 aliphatic heterocycles. The van der Waals surface area contributed by atoms with Crippen LogP contribution >= 0.6 is 0 Å². The zero-order chi connectivity index (χ0) is 17.8. The van der Waals surface area contributed by atoms with E-state index in [1.54, 1.807) is 0 Å². The van der Waals surface area contributed by atoms with Gasteiger partial charge in [-0.15, -0.1) is 0 Å². The molecule has 0 fully saturated rings. The summed E-state index contributed by atoms with van der Waals surface area (Å²) in [4.78, 5) is 12.6. The summed E-state index contributed by atoms with van der Waals surface area (Å²) in [7, 11) is 0. The summed E-state index contributed by atoms with van der Waals surface area (Å²) in [5.74, 6) is -0.657. The van der Waals surface area contributed by atoms with Crippen LogP contribution in [0.4, 0.5) is 0 Å². The number of carboxylic acid groups (broad SMARTS) is 1. The van der Waals surface area contributed by atoms with Gasteiger partial charge in [0.05, 0.1) is 0 Å². The van der Waals surface area contributed by atoms with Crippen LogP contribution in [0.1, 0.15) is 105 Å². The molecule has 23 heavy (non-hydrogen) atoms. The molecule has 3 nitrogen and oxygen atoms in total. The van der Waals surface area contributed by atoms with E-state index in [4.69, 9.17) is 5.11 Å². The Labute approximate surface area is 145 Å². The molecule has 0 aliphatic carbocycles. The molecule has 0 aromatic carbocycles. The van der Waals surface area contributed by atoms with Crippen LogP contribution in [0.15, 0.2) is 0 Å². The highest BCUT2D eigenvalue weighted by Crippen LogP contribution is 2.11. The first kappa shape index (κ1) is 24.7. The van der Waals surface area contributed by atoms with Gasteiger partial charge >= 0.3 is 5.97 Å². The normalized spacial score (nSPS) is 10.5. The molecular weight excluding hydrogens is 286 g/mol. The molecule has 0 radical (unpaired) electrons. The van der Waals surface area contributed by atoms with Gasteiger partial charge < -0.3 is 10.0 Å². The Morgan fingerprint density at radius 3 is 1.26 bits per heavy atom. The molecule has 140 valence electrons. The van der Waals surface area contributed by atoms with E-state index in [-0.39, 0.29) is 0 Å². The zero-order valence-electron chi connectivity index (χ0n) is 16.4. The lowest BCUT2D eigenvalue weighted by atomic mass is 10.1. The molecule has 3 heteroatoms. The molecule has 0 atom stereocenters. The fourth-order valence-electron chi connectivity index (χ4n) is 2.61. The predicted molar refractivity (Wildman–Crippen MR) is 102 cm³/mol. The van der Waals surface area contributed by atoms with Crippen LogP contribution in [0.25, 0.3) is 0 Å². The van der Waals surface area contributed by atoms with Crippen LogP contribution in [0.3, 0.4) is 0 Å². The first-order valence-corrected chi connectivity index (χ1v) is 10.1. The van der Waals surface area contributed by atoms with Crippen molar-refractivity contribution in [2.45, 2.75) is 105 Å². The minimum atomic E-state index is -0.657. The summed E-state index contributed by atoms with van der Waals surface area (Å²) < 4.78 is 0. The average molecular weight is 330 g/mol. The van der Waals surface area contributed by atoms with E-state index >= 15 is 0 Å². The molecular formula is C20H43NO2. The molecule has 0 aromatic heterocycles. The van der Waals surface area contributed by atoms with E-state index in [1.807, 2.05) is 0 Å². The SMILES string of the molecule is CCCCCCCCCCCCCC(=O)O.CCN(CC)CC. The molecule has 0 aliphatic rings. The van der Waals surface area contributed by atoms with Gasteiger partial charge in [0.15, 0.2) is 0 Å². The summed E-state index contributed by atoms with van der Waals surface area (Å²) in [5, 5.41) is 8.46. The fourth-order valence-corrected chi connectivity index (χ4v) is 2.61. The highest BCUT2D eigenvalue weighted by Gasteiger charge is 1.96. The summed E-state index contributed by atoms with van der Waals surface area (Å²) in [6.07, 6.45) is 14.4. The third-order valence-corrected chi connectivity index (χ3v) is 4.34. The fraction of sp³-hybridized carbons (Fsp3) is 0.950. The van der Waals surface area contributed by atoms with Crippen molar-refractivity contribution in [3.63, 3.8) is 0 Å². The van der Waals surface area contributed by atoms with Gasteiger partial charge in [0.2, 0.25) is 0 Å². The van der Waals surface area contributed by atoms with Crippen LogP contribution in [-0.4, -0.2) is 35.6 Å². The first-order valence-electron chi connectivity index (χ1n) is 10.1. The maximum Gasteiger partial charge on any atom is 0.303 e. The van der Waals surface area contributed by atoms with Gasteiger partial charge in [-0.25, -0.2) is 0 Å². The molecule has 0 heterocycles. The lowest BCUT2D eigenvalue weighted by molar-refractivity contribution is -0.137. The molecule has 0 saturated heterocycles. The molecule has 1 N–H and O–H groups in total. The van der Waals surface area contributed by atoms with E-state index in [2.05, 4.69) is 32.6 Å². The molecule has 0 unspecified atom stereocenters. The molecule has 0 rings (SSSR count). The molecule has 0 saturated carbocycles. The highest BCUT2D eigenvalue weighted by molar-refractivity contribution is 5.66. The van der Waals surface area contributed by atoms with Gasteiger partial charge in [-0.2, -0.15) is 0 Å². The van der Waals surface area contributed by atoms with E-state index in [0.717, 1.165) is 12.8 Å². The Morgan fingerprint density at radius 2 is 1.00 bits per heavy atom. The van der Waals surface area contributed by atoms with Crippen LogP contribution in [0.2, 0.25) is 0 Å². The molecule has 0 amide bonds. The Hall–Kier alpha value is -0.570. The Kier molecular flexibility index (Phi) is 23.0. The number of hydrogen-bond acceptors (Lipinski definition) is 2. The summed E-state index contributed by atoms with van der Waals surface area (Å²) in [6, 6.07) is 0. The van der Waals surface area contributed by atoms with Crippen molar-refractivity contribution in [2.24, 2.45) is 0 Å². The van der Waals surface area contributed by atoms with Crippen molar-refractivity contribution in [1.29, 1.82) is 0 Å². The first-order chi connectivity index (χ1) is 11.1. The second kappa shape index (κ2) is 21.4. The zero-order valence-corrected chi connectivity index (χ0v) is 16.4. The van der Waals surface area contributed by atoms with E-state index in [0.29, 0.717) is 6.42 Å². The second-order valence-electron chi connectivity index (χ2n) is 6.30. The van der Waals surface area contributed by atoms with Crippen LogP contribution in [0, 0.1) is 0 Å². The minimum absolute atomic E-state index is 0.344. The van der Waals surface area contributed by atoms with Crippen molar-refractivity contribution < 1.29 is 9.90 Å². The largest absolute Gasteiger partial charge is 0.481 e. The third-order valence-electron chi connectivity index (χ3n) is 4.34. The summed E-state index contributed by atoms with van der Waals surface area (Å²) in [5.41, 5.74) is 0. The number of carboxylic acids is 1. The van der Waals surface area contributed by atoms with Gasteiger partial charge in [-0.3, -0.25) is 4.79 Å². The Morgan fingerprint density at radius 1 is 0.652 bits per heavy atom. The maximum atomic E-state index is 10.3. The van der Waals surface area contributed by atoms with Crippen molar-refractivity contribution in [2.75, 3.05) is 19.6 Å². The Balaban J connectivity index is 0. The number of hydrogen-bond donors (Lipinski definition) is 1. The van der Waals surface area contributed by atoms with E-state index in [1.165, 1.54) is 77.4 Å². The van der Waals surface area contributed by atoms with E-state index in [9.17, 15) is 4.79 Å². The van der Waals surface area contributed by atoms with Gasteiger partial charge in [0.25, 0.3) is 0 Å². The topological polar surface area (TPSA) is 40.5 Å². The van der Waals surface area contributed by atoms with Gasteiger partial charge in [-0.05, 0) is 26.1 Å².